The number of ether oxygens (including phenoxy) is 1. The van der Waals surface area contributed by atoms with Crippen molar-refractivity contribution in [2.24, 2.45) is 15.0 Å². The molecule has 118 valence electrons. The van der Waals surface area contributed by atoms with E-state index in [0.29, 0.717) is 6.54 Å². The van der Waals surface area contributed by atoms with Crippen molar-refractivity contribution < 1.29 is 9.53 Å². The quantitative estimate of drug-likeness (QED) is 0.457. The van der Waals surface area contributed by atoms with Crippen LogP contribution in [0.4, 0.5) is 0 Å². The molecule has 0 spiro atoms. The fourth-order valence-electron chi connectivity index (χ4n) is 2.23. The molecule has 23 heavy (non-hydrogen) atoms. The maximum absolute atomic E-state index is 11.6. The third-order valence-corrected chi connectivity index (χ3v) is 3.36. The number of fused-ring (bicyclic) bond motifs is 1. The number of amidine groups is 1. The van der Waals surface area contributed by atoms with Crippen molar-refractivity contribution in [2.45, 2.75) is 12.2 Å². The van der Waals surface area contributed by atoms with Gasteiger partial charge in [-0.1, -0.05) is 30.3 Å². The van der Waals surface area contributed by atoms with Gasteiger partial charge in [0.2, 0.25) is 0 Å². The monoisotopic (exact) mass is 311 g/mol. The zero-order chi connectivity index (χ0) is 15.9. The molecular weight excluding hydrogens is 294 g/mol. The van der Waals surface area contributed by atoms with Crippen molar-refractivity contribution in [3.8, 4) is 0 Å². The van der Waals surface area contributed by atoms with Crippen LogP contribution in [0.15, 0.2) is 51.4 Å². The molecule has 0 radical (unpaired) electrons. The number of rotatable bonds is 6. The molecule has 7 nitrogen and oxygen atoms in total. The van der Waals surface area contributed by atoms with E-state index in [1.54, 1.807) is 12.4 Å². The minimum absolute atomic E-state index is 0.131. The fraction of sp³-hybridized carbons (Fsp3) is 0.250. The highest BCUT2D eigenvalue weighted by atomic mass is 16.5. The Morgan fingerprint density at radius 2 is 2.17 bits per heavy atom. The first-order valence-corrected chi connectivity index (χ1v) is 7.34. The summed E-state index contributed by atoms with van der Waals surface area (Å²) in [5.74, 6) is 0.408. The van der Waals surface area contributed by atoms with Crippen molar-refractivity contribution in [3.63, 3.8) is 0 Å². The van der Waals surface area contributed by atoms with E-state index in [2.05, 4.69) is 25.6 Å². The largest absolute Gasteiger partial charge is 0.461 e. The van der Waals surface area contributed by atoms with Gasteiger partial charge in [-0.05, 0) is 11.6 Å². The topological polar surface area (TPSA) is 87.4 Å². The van der Waals surface area contributed by atoms with Gasteiger partial charge in [0.25, 0.3) is 0 Å². The molecule has 2 heterocycles. The molecule has 1 aromatic rings. The molecule has 3 rings (SSSR count). The normalized spacial score (nSPS) is 21.8. The Bertz CT molecular complexity index is 666. The van der Waals surface area contributed by atoms with Crippen LogP contribution in [-0.2, 0) is 9.53 Å². The van der Waals surface area contributed by atoms with Crippen LogP contribution in [-0.4, -0.2) is 49.8 Å². The van der Waals surface area contributed by atoms with Crippen molar-refractivity contribution in [1.82, 2.24) is 10.6 Å². The summed E-state index contributed by atoms with van der Waals surface area (Å²) < 4.78 is 5.14. The summed E-state index contributed by atoms with van der Waals surface area (Å²) in [6.07, 6.45) is 6.07. The fourth-order valence-corrected chi connectivity index (χ4v) is 2.23. The van der Waals surface area contributed by atoms with Crippen LogP contribution in [0.1, 0.15) is 5.56 Å². The lowest BCUT2D eigenvalue weighted by Gasteiger charge is -2.23. The van der Waals surface area contributed by atoms with Crippen LogP contribution in [0.3, 0.4) is 0 Å². The minimum atomic E-state index is -0.370. The van der Waals surface area contributed by atoms with Gasteiger partial charge in [-0.3, -0.25) is 15.3 Å². The highest BCUT2D eigenvalue weighted by Crippen LogP contribution is 2.09. The number of carbonyl (C=O) groups is 1. The highest BCUT2D eigenvalue weighted by Gasteiger charge is 2.29. The molecule has 7 heteroatoms. The van der Waals surface area contributed by atoms with Crippen LogP contribution < -0.4 is 10.6 Å². The smallest absolute Gasteiger partial charge is 0.330 e. The standard InChI is InChI=1S/C16H17N5O2/c22-13(7-6-12-4-2-1-3-5-12)23-9-8-17-15-14-16(19-10-18-14)21-11-20-15/h1-7,10-11,14-15,17H,8-9H2,(H,18,19,20,21)/b7-6+. The van der Waals surface area contributed by atoms with Crippen LogP contribution in [0.2, 0.25) is 0 Å². The SMILES string of the molecule is O=C(/C=C/c1ccccc1)OCCNC1N=CNC2=NC=NC21. The predicted octanol–water partition coefficient (Wildman–Crippen LogP) is 0.599. The predicted molar refractivity (Wildman–Crippen MR) is 89.6 cm³/mol. The number of nitrogens with one attached hydrogen (secondary N) is 2. The Kier molecular flexibility index (Phi) is 4.90. The number of esters is 1. The van der Waals surface area contributed by atoms with Crippen LogP contribution in [0, 0.1) is 0 Å². The van der Waals surface area contributed by atoms with E-state index in [1.165, 1.54) is 12.4 Å². The summed E-state index contributed by atoms with van der Waals surface area (Å²) in [5.41, 5.74) is 0.956. The Hall–Kier alpha value is -2.80. The van der Waals surface area contributed by atoms with Gasteiger partial charge < -0.3 is 10.1 Å². The van der Waals surface area contributed by atoms with Crippen LogP contribution >= 0.6 is 0 Å². The van der Waals surface area contributed by atoms with E-state index in [9.17, 15) is 4.79 Å². The van der Waals surface area contributed by atoms with Gasteiger partial charge in [0.05, 0.1) is 6.34 Å². The molecule has 2 atom stereocenters. The first kappa shape index (κ1) is 15.1. The van der Waals surface area contributed by atoms with Crippen LogP contribution in [0.25, 0.3) is 6.08 Å². The summed E-state index contributed by atoms with van der Waals surface area (Å²) >= 11 is 0. The number of benzene rings is 1. The molecule has 2 unspecified atom stereocenters. The summed E-state index contributed by atoms with van der Waals surface area (Å²) in [5, 5.41) is 6.14. The molecule has 2 aliphatic heterocycles. The minimum Gasteiger partial charge on any atom is -0.461 e. The Balaban J connectivity index is 1.38. The van der Waals surface area contributed by atoms with Gasteiger partial charge in [0.1, 0.15) is 31.0 Å². The molecule has 0 saturated carbocycles. The van der Waals surface area contributed by atoms with Gasteiger partial charge in [-0.2, -0.15) is 0 Å². The number of hydrogen-bond acceptors (Lipinski definition) is 7. The van der Waals surface area contributed by atoms with E-state index in [1.807, 2.05) is 30.3 Å². The Morgan fingerprint density at radius 1 is 1.30 bits per heavy atom. The van der Waals surface area contributed by atoms with Gasteiger partial charge in [-0.15, -0.1) is 0 Å². The zero-order valence-corrected chi connectivity index (χ0v) is 12.4. The van der Waals surface area contributed by atoms with Gasteiger partial charge >= 0.3 is 5.97 Å². The van der Waals surface area contributed by atoms with Crippen LogP contribution in [0.5, 0.6) is 0 Å². The Labute approximate surface area is 133 Å². The van der Waals surface area contributed by atoms with E-state index >= 15 is 0 Å². The lowest BCUT2D eigenvalue weighted by atomic mass is 10.2. The number of carbonyl (C=O) groups excluding carboxylic acids is 1. The first-order chi connectivity index (χ1) is 11.3. The average Bonchev–Trinajstić information content (AvgIpc) is 3.07. The number of aliphatic imine (C=N–C) groups is 3. The molecule has 1 aromatic carbocycles. The van der Waals surface area contributed by atoms with Gasteiger partial charge in [0, 0.05) is 12.6 Å². The molecule has 0 bridgehead atoms. The average molecular weight is 311 g/mol. The summed E-state index contributed by atoms with van der Waals surface area (Å²) in [6.45, 7) is 0.756. The maximum atomic E-state index is 11.6. The van der Waals surface area contributed by atoms with E-state index in [-0.39, 0.29) is 24.8 Å². The lowest BCUT2D eigenvalue weighted by molar-refractivity contribution is -0.137. The summed E-state index contributed by atoms with van der Waals surface area (Å²) in [6, 6.07) is 9.46. The van der Waals surface area contributed by atoms with Crippen molar-refractivity contribution in [3.05, 3.63) is 42.0 Å². The Morgan fingerprint density at radius 3 is 3.04 bits per heavy atom. The second-order valence-electron chi connectivity index (χ2n) is 4.96. The molecule has 0 aromatic heterocycles. The molecule has 0 saturated heterocycles. The van der Waals surface area contributed by atoms with Crippen molar-refractivity contribution in [2.75, 3.05) is 13.2 Å². The lowest BCUT2D eigenvalue weighted by Crippen LogP contribution is -2.50. The molecular formula is C16H17N5O2. The maximum Gasteiger partial charge on any atom is 0.330 e. The number of nitrogens with zero attached hydrogens (tertiary/aromatic N) is 3. The second kappa shape index (κ2) is 7.46. The highest BCUT2D eigenvalue weighted by molar-refractivity contribution is 6.04. The van der Waals surface area contributed by atoms with E-state index in [4.69, 9.17) is 4.74 Å². The molecule has 2 N–H and O–H groups in total. The van der Waals surface area contributed by atoms with E-state index in [0.717, 1.165) is 11.4 Å². The van der Waals surface area contributed by atoms with Crippen molar-refractivity contribution in [1.29, 1.82) is 0 Å². The van der Waals surface area contributed by atoms with Gasteiger partial charge in [-0.25, -0.2) is 9.79 Å². The molecule has 2 aliphatic rings. The zero-order valence-electron chi connectivity index (χ0n) is 12.4. The third-order valence-electron chi connectivity index (χ3n) is 3.36. The molecule has 0 fully saturated rings. The van der Waals surface area contributed by atoms with Gasteiger partial charge in [0.15, 0.2) is 0 Å². The molecule has 0 aliphatic carbocycles. The number of hydrogen-bond donors (Lipinski definition) is 2. The third kappa shape index (κ3) is 4.10. The second-order valence-corrected chi connectivity index (χ2v) is 4.96. The van der Waals surface area contributed by atoms with E-state index < -0.39 is 0 Å². The summed E-state index contributed by atoms with van der Waals surface area (Å²) in [7, 11) is 0. The molecule has 0 amide bonds. The first-order valence-electron chi connectivity index (χ1n) is 7.34. The summed E-state index contributed by atoms with van der Waals surface area (Å²) in [4.78, 5) is 24.2. The van der Waals surface area contributed by atoms with Crippen molar-refractivity contribution >= 4 is 30.6 Å².